The lowest BCUT2D eigenvalue weighted by Crippen LogP contribution is -2.28. The molecule has 26 heavy (non-hydrogen) atoms. The van der Waals surface area contributed by atoms with Gasteiger partial charge in [-0.05, 0) is 30.7 Å². The van der Waals surface area contributed by atoms with Crippen molar-refractivity contribution >= 4 is 22.8 Å². The Kier molecular flexibility index (Phi) is 5.98. The van der Waals surface area contributed by atoms with Gasteiger partial charge >= 0.3 is 0 Å². The molecule has 3 N–H and O–H groups in total. The number of nitrogens with zero attached hydrogens (tertiary/aromatic N) is 1. The Morgan fingerprint density at radius 2 is 1.69 bits per heavy atom. The first kappa shape index (κ1) is 17.7. The molecule has 0 spiro atoms. The van der Waals surface area contributed by atoms with E-state index in [-0.39, 0.29) is 11.8 Å². The molecule has 3 aromatic rings. The van der Waals surface area contributed by atoms with E-state index in [0.717, 1.165) is 16.9 Å². The molecule has 0 radical (unpaired) electrons. The zero-order chi connectivity index (χ0) is 18.2. The molecule has 134 valence electrons. The van der Waals surface area contributed by atoms with Gasteiger partial charge in [-0.15, -0.1) is 0 Å². The number of hydrogen-bond acceptors (Lipinski definition) is 3. The Bertz CT molecular complexity index is 841. The summed E-state index contributed by atoms with van der Waals surface area (Å²) in [7, 11) is 0. The van der Waals surface area contributed by atoms with Gasteiger partial charge in [-0.3, -0.25) is 9.59 Å². The number of nitrogens with one attached hydrogen (secondary N) is 3. The lowest BCUT2D eigenvalue weighted by atomic mass is 10.2. The molecule has 0 saturated heterocycles. The van der Waals surface area contributed by atoms with Crippen LogP contribution in [-0.4, -0.2) is 34.9 Å². The Balaban J connectivity index is 1.31. The number of rotatable bonds is 8. The van der Waals surface area contributed by atoms with Gasteiger partial charge < -0.3 is 15.6 Å². The number of imidazole rings is 1. The fourth-order valence-corrected chi connectivity index (χ4v) is 2.68. The molecule has 0 fully saturated rings. The number of carbonyl (C=O) groups excluding carboxylic acids is 2. The van der Waals surface area contributed by atoms with Gasteiger partial charge in [-0.1, -0.05) is 30.3 Å². The molecule has 6 heteroatoms. The highest BCUT2D eigenvalue weighted by atomic mass is 16.2. The van der Waals surface area contributed by atoms with E-state index in [2.05, 4.69) is 20.6 Å². The highest BCUT2D eigenvalue weighted by molar-refractivity contribution is 5.94. The molecule has 3 rings (SSSR count). The number of fused-ring (bicyclic) bond motifs is 1. The molecule has 0 bridgehead atoms. The maximum absolute atomic E-state index is 11.9. The summed E-state index contributed by atoms with van der Waals surface area (Å²) in [4.78, 5) is 31.5. The van der Waals surface area contributed by atoms with Crippen molar-refractivity contribution < 1.29 is 9.59 Å². The number of aromatic nitrogens is 2. The van der Waals surface area contributed by atoms with Crippen LogP contribution in [0.15, 0.2) is 54.6 Å². The number of carbonyl (C=O) groups is 2. The summed E-state index contributed by atoms with van der Waals surface area (Å²) in [6.07, 6.45) is 1.65. The lowest BCUT2D eigenvalue weighted by Gasteiger charge is -2.06. The van der Waals surface area contributed by atoms with Crippen molar-refractivity contribution in [3.63, 3.8) is 0 Å². The first-order valence-corrected chi connectivity index (χ1v) is 8.76. The van der Waals surface area contributed by atoms with Crippen LogP contribution in [-0.2, 0) is 11.2 Å². The van der Waals surface area contributed by atoms with Crippen molar-refractivity contribution in [1.29, 1.82) is 0 Å². The van der Waals surface area contributed by atoms with Crippen LogP contribution in [0.4, 0.5) is 0 Å². The summed E-state index contributed by atoms with van der Waals surface area (Å²) in [6, 6.07) is 16.9. The second-order valence-electron chi connectivity index (χ2n) is 6.03. The third-order valence-electron chi connectivity index (χ3n) is 4.02. The predicted molar refractivity (Wildman–Crippen MR) is 101 cm³/mol. The molecule has 0 aliphatic carbocycles. The van der Waals surface area contributed by atoms with E-state index in [0.29, 0.717) is 37.9 Å². The molecular formula is C20H22N4O2. The second-order valence-corrected chi connectivity index (χ2v) is 6.03. The Hall–Kier alpha value is -3.15. The summed E-state index contributed by atoms with van der Waals surface area (Å²) >= 11 is 0. The van der Waals surface area contributed by atoms with Gasteiger partial charge in [0.1, 0.15) is 5.82 Å². The summed E-state index contributed by atoms with van der Waals surface area (Å²) in [5.41, 5.74) is 2.56. The molecule has 1 aromatic heterocycles. The van der Waals surface area contributed by atoms with E-state index in [9.17, 15) is 9.59 Å². The van der Waals surface area contributed by atoms with Crippen LogP contribution < -0.4 is 10.6 Å². The van der Waals surface area contributed by atoms with Gasteiger partial charge in [0.15, 0.2) is 0 Å². The minimum absolute atomic E-state index is 0.0185. The van der Waals surface area contributed by atoms with Crippen LogP contribution in [0.5, 0.6) is 0 Å². The van der Waals surface area contributed by atoms with Crippen LogP contribution in [0.3, 0.4) is 0 Å². The molecule has 2 amide bonds. The van der Waals surface area contributed by atoms with E-state index in [1.165, 1.54) is 0 Å². The number of amides is 2. The molecule has 0 saturated carbocycles. The summed E-state index contributed by atoms with van der Waals surface area (Å²) in [5, 5.41) is 5.70. The average Bonchev–Trinajstić information content (AvgIpc) is 3.08. The van der Waals surface area contributed by atoms with Crippen LogP contribution in [0.2, 0.25) is 0 Å². The normalized spacial score (nSPS) is 10.6. The standard InChI is InChI=1S/C20H22N4O2/c25-19(11-6-13-22-20(26)15-7-2-1-3-8-15)21-14-12-18-23-16-9-4-5-10-17(16)24-18/h1-5,7-10H,6,11-14H2,(H,21,25)(H,22,26)(H,23,24). The third kappa shape index (κ3) is 4.92. The number of para-hydroxylation sites is 2. The van der Waals surface area contributed by atoms with Gasteiger partial charge in [-0.2, -0.15) is 0 Å². The Morgan fingerprint density at radius 1 is 0.923 bits per heavy atom. The zero-order valence-corrected chi connectivity index (χ0v) is 14.5. The molecule has 0 unspecified atom stereocenters. The highest BCUT2D eigenvalue weighted by Gasteiger charge is 2.06. The number of hydrogen-bond donors (Lipinski definition) is 3. The number of aromatic amines is 1. The van der Waals surface area contributed by atoms with Gasteiger partial charge in [-0.25, -0.2) is 4.98 Å². The summed E-state index contributed by atoms with van der Waals surface area (Å²) in [5.74, 6) is 0.729. The topological polar surface area (TPSA) is 86.9 Å². The third-order valence-corrected chi connectivity index (χ3v) is 4.02. The van der Waals surface area contributed by atoms with Gasteiger partial charge in [0.05, 0.1) is 11.0 Å². The van der Waals surface area contributed by atoms with Crippen LogP contribution in [0.25, 0.3) is 11.0 Å². The number of benzene rings is 2. The predicted octanol–water partition coefficient (Wildman–Crippen LogP) is 2.43. The van der Waals surface area contributed by atoms with Crippen LogP contribution in [0.1, 0.15) is 29.0 Å². The highest BCUT2D eigenvalue weighted by Crippen LogP contribution is 2.10. The van der Waals surface area contributed by atoms with E-state index in [1.54, 1.807) is 12.1 Å². The largest absolute Gasteiger partial charge is 0.356 e. The van der Waals surface area contributed by atoms with Crippen molar-refractivity contribution in [3.05, 3.63) is 66.0 Å². The molecule has 0 atom stereocenters. The molecule has 2 aromatic carbocycles. The van der Waals surface area contributed by atoms with Crippen molar-refractivity contribution in [2.75, 3.05) is 13.1 Å². The smallest absolute Gasteiger partial charge is 0.251 e. The minimum Gasteiger partial charge on any atom is -0.356 e. The summed E-state index contributed by atoms with van der Waals surface area (Å²) in [6.45, 7) is 1.01. The van der Waals surface area contributed by atoms with Gasteiger partial charge in [0.2, 0.25) is 5.91 Å². The van der Waals surface area contributed by atoms with Crippen molar-refractivity contribution in [2.45, 2.75) is 19.3 Å². The lowest BCUT2D eigenvalue weighted by molar-refractivity contribution is -0.121. The monoisotopic (exact) mass is 350 g/mol. The van der Waals surface area contributed by atoms with Gasteiger partial charge in [0, 0.05) is 31.5 Å². The quantitative estimate of drug-likeness (QED) is 0.545. The van der Waals surface area contributed by atoms with Crippen LogP contribution >= 0.6 is 0 Å². The Morgan fingerprint density at radius 3 is 2.50 bits per heavy atom. The minimum atomic E-state index is -0.115. The number of H-pyrrole nitrogens is 1. The SMILES string of the molecule is O=C(CCCNC(=O)c1ccccc1)NCCc1nc2ccccc2[nH]1. The average molecular weight is 350 g/mol. The second kappa shape index (κ2) is 8.80. The fraction of sp³-hybridized carbons (Fsp3) is 0.250. The molecular weight excluding hydrogens is 328 g/mol. The van der Waals surface area contributed by atoms with E-state index < -0.39 is 0 Å². The zero-order valence-electron chi connectivity index (χ0n) is 14.5. The van der Waals surface area contributed by atoms with Crippen molar-refractivity contribution in [2.24, 2.45) is 0 Å². The van der Waals surface area contributed by atoms with E-state index in [1.807, 2.05) is 42.5 Å². The molecule has 6 nitrogen and oxygen atoms in total. The Labute approximate surface area is 152 Å². The van der Waals surface area contributed by atoms with E-state index in [4.69, 9.17) is 0 Å². The maximum Gasteiger partial charge on any atom is 0.251 e. The fourth-order valence-electron chi connectivity index (χ4n) is 2.68. The van der Waals surface area contributed by atoms with Gasteiger partial charge in [0.25, 0.3) is 5.91 Å². The first-order chi connectivity index (χ1) is 12.7. The molecule has 0 aliphatic heterocycles. The molecule has 1 heterocycles. The van der Waals surface area contributed by atoms with Crippen LogP contribution in [0, 0.1) is 0 Å². The van der Waals surface area contributed by atoms with Crippen molar-refractivity contribution in [1.82, 2.24) is 20.6 Å². The summed E-state index contributed by atoms with van der Waals surface area (Å²) < 4.78 is 0. The van der Waals surface area contributed by atoms with Crippen molar-refractivity contribution in [3.8, 4) is 0 Å². The first-order valence-electron chi connectivity index (χ1n) is 8.76. The van der Waals surface area contributed by atoms with E-state index >= 15 is 0 Å². The molecule has 0 aliphatic rings. The maximum atomic E-state index is 11.9.